The molecule has 2 aliphatic heterocycles. The van der Waals surface area contributed by atoms with E-state index in [1.807, 2.05) is 28.0 Å². The van der Waals surface area contributed by atoms with Crippen LogP contribution in [0.25, 0.3) is 0 Å². The van der Waals surface area contributed by atoms with Crippen molar-refractivity contribution < 1.29 is 9.59 Å². The van der Waals surface area contributed by atoms with Crippen molar-refractivity contribution in [3.8, 4) is 0 Å². The van der Waals surface area contributed by atoms with Gasteiger partial charge in [-0.1, -0.05) is 37.3 Å². The van der Waals surface area contributed by atoms with Gasteiger partial charge in [-0.05, 0) is 37.7 Å². The maximum absolute atomic E-state index is 12.4. The Balaban J connectivity index is 1.60. The average molecular weight is 357 g/mol. The molecule has 1 N–H and O–H groups in total. The molecular formula is C21H31N3O2. The molecule has 3 amide bonds. The van der Waals surface area contributed by atoms with Crippen LogP contribution in [0.1, 0.15) is 44.6 Å². The summed E-state index contributed by atoms with van der Waals surface area (Å²) in [6, 6.07) is 10.4. The molecule has 5 nitrogen and oxygen atoms in total. The molecular weight excluding hydrogens is 326 g/mol. The minimum atomic E-state index is 0.0543. The number of piperidine rings is 2. The highest BCUT2D eigenvalue weighted by molar-refractivity contribution is 5.77. The predicted molar refractivity (Wildman–Crippen MR) is 103 cm³/mol. The second kappa shape index (κ2) is 8.56. The molecule has 2 aliphatic rings. The van der Waals surface area contributed by atoms with E-state index in [0.717, 1.165) is 64.8 Å². The van der Waals surface area contributed by atoms with Gasteiger partial charge in [-0.3, -0.25) is 4.79 Å². The fourth-order valence-corrected chi connectivity index (χ4v) is 4.27. The van der Waals surface area contributed by atoms with Gasteiger partial charge in [0.1, 0.15) is 0 Å². The number of carbonyl (C=O) groups is 2. The largest absolute Gasteiger partial charge is 0.342 e. The zero-order valence-corrected chi connectivity index (χ0v) is 15.9. The minimum Gasteiger partial charge on any atom is -0.342 e. The van der Waals surface area contributed by atoms with Gasteiger partial charge in [0, 0.05) is 44.6 Å². The molecule has 5 heteroatoms. The molecule has 142 valence electrons. The number of benzene rings is 1. The molecule has 1 atom stereocenters. The quantitative estimate of drug-likeness (QED) is 0.880. The fourth-order valence-electron chi connectivity index (χ4n) is 4.27. The third kappa shape index (κ3) is 4.57. The summed E-state index contributed by atoms with van der Waals surface area (Å²) in [5.74, 6) is 0.263. The van der Waals surface area contributed by atoms with E-state index in [9.17, 15) is 9.59 Å². The summed E-state index contributed by atoms with van der Waals surface area (Å²) in [6.45, 7) is 5.95. The monoisotopic (exact) mass is 357 g/mol. The van der Waals surface area contributed by atoms with E-state index in [2.05, 4.69) is 24.4 Å². The van der Waals surface area contributed by atoms with E-state index in [1.54, 1.807) is 0 Å². The van der Waals surface area contributed by atoms with Crippen molar-refractivity contribution in [3.05, 3.63) is 35.9 Å². The van der Waals surface area contributed by atoms with Crippen LogP contribution in [0.4, 0.5) is 4.79 Å². The maximum Gasteiger partial charge on any atom is 0.317 e. The number of rotatable bonds is 5. The smallest absolute Gasteiger partial charge is 0.317 e. The normalized spacial score (nSPS) is 23.3. The fraction of sp³-hybridized carbons (Fsp3) is 0.619. The van der Waals surface area contributed by atoms with Gasteiger partial charge in [-0.2, -0.15) is 0 Å². The Kier molecular flexibility index (Phi) is 6.17. The van der Waals surface area contributed by atoms with Crippen molar-refractivity contribution >= 4 is 11.9 Å². The molecule has 2 fully saturated rings. The van der Waals surface area contributed by atoms with Crippen LogP contribution >= 0.6 is 0 Å². The van der Waals surface area contributed by atoms with E-state index in [4.69, 9.17) is 0 Å². The van der Waals surface area contributed by atoms with Gasteiger partial charge in [0.05, 0.1) is 0 Å². The van der Waals surface area contributed by atoms with Crippen molar-refractivity contribution in [3.63, 3.8) is 0 Å². The van der Waals surface area contributed by atoms with Crippen molar-refractivity contribution in [1.82, 2.24) is 15.1 Å². The van der Waals surface area contributed by atoms with Crippen molar-refractivity contribution in [2.24, 2.45) is 5.41 Å². The average Bonchev–Trinajstić information content (AvgIpc) is 2.68. The Morgan fingerprint density at radius 1 is 1.19 bits per heavy atom. The molecule has 0 saturated carbocycles. The number of amides is 3. The highest BCUT2D eigenvalue weighted by Crippen LogP contribution is 2.38. The summed E-state index contributed by atoms with van der Waals surface area (Å²) in [5, 5.41) is 3.00. The molecule has 1 aromatic rings. The van der Waals surface area contributed by atoms with Crippen molar-refractivity contribution in [1.29, 1.82) is 0 Å². The van der Waals surface area contributed by atoms with Crippen LogP contribution in [-0.2, 0) is 11.2 Å². The third-order valence-electron chi connectivity index (χ3n) is 5.74. The van der Waals surface area contributed by atoms with Crippen LogP contribution < -0.4 is 5.32 Å². The maximum atomic E-state index is 12.4. The first-order valence-electron chi connectivity index (χ1n) is 9.96. The molecule has 0 aromatic heterocycles. The van der Waals surface area contributed by atoms with Crippen LogP contribution in [0.15, 0.2) is 30.3 Å². The summed E-state index contributed by atoms with van der Waals surface area (Å²) in [5.41, 5.74) is 1.34. The zero-order chi connectivity index (χ0) is 18.4. The molecule has 0 bridgehead atoms. The first-order valence-corrected chi connectivity index (χ1v) is 9.96. The first-order chi connectivity index (χ1) is 12.6. The van der Waals surface area contributed by atoms with Crippen molar-refractivity contribution in [2.75, 3.05) is 32.7 Å². The van der Waals surface area contributed by atoms with Crippen LogP contribution in [0, 0.1) is 5.41 Å². The van der Waals surface area contributed by atoms with Gasteiger partial charge in [0.15, 0.2) is 0 Å². The predicted octanol–water partition coefficient (Wildman–Crippen LogP) is 3.05. The van der Waals surface area contributed by atoms with E-state index < -0.39 is 0 Å². The van der Waals surface area contributed by atoms with Gasteiger partial charge in [0.2, 0.25) is 5.91 Å². The molecule has 0 radical (unpaired) electrons. The summed E-state index contributed by atoms with van der Waals surface area (Å²) in [4.78, 5) is 28.8. The second-order valence-electron chi connectivity index (χ2n) is 7.81. The topological polar surface area (TPSA) is 52.7 Å². The van der Waals surface area contributed by atoms with E-state index in [0.29, 0.717) is 6.42 Å². The standard InChI is InChI=1S/C21H31N3O2/c1-2-13-22-20(26)24-14-6-11-21(17-24)12-9-19(25)23(16-21)15-10-18-7-4-3-5-8-18/h3-5,7-8H,2,6,9-17H2,1H3,(H,22,26). The number of hydrogen-bond donors (Lipinski definition) is 1. The number of likely N-dealkylation sites (tertiary alicyclic amines) is 2. The summed E-state index contributed by atoms with van der Waals surface area (Å²) >= 11 is 0. The lowest BCUT2D eigenvalue weighted by Crippen LogP contribution is -2.56. The second-order valence-corrected chi connectivity index (χ2v) is 7.81. The molecule has 1 unspecified atom stereocenters. The third-order valence-corrected chi connectivity index (χ3v) is 5.74. The Hall–Kier alpha value is -2.04. The first kappa shape index (κ1) is 18.7. The Morgan fingerprint density at radius 2 is 2.00 bits per heavy atom. The number of hydrogen-bond acceptors (Lipinski definition) is 2. The lowest BCUT2D eigenvalue weighted by atomic mass is 9.73. The van der Waals surface area contributed by atoms with Gasteiger partial charge in [-0.25, -0.2) is 4.79 Å². The number of nitrogens with one attached hydrogen (secondary N) is 1. The van der Waals surface area contributed by atoms with Crippen LogP contribution in [-0.4, -0.2) is 54.5 Å². The molecule has 26 heavy (non-hydrogen) atoms. The number of carbonyl (C=O) groups excluding carboxylic acids is 2. The van der Waals surface area contributed by atoms with E-state index >= 15 is 0 Å². The molecule has 2 heterocycles. The van der Waals surface area contributed by atoms with Gasteiger partial charge >= 0.3 is 6.03 Å². The number of urea groups is 1. The van der Waals surface area contributed by atoms with Crippen LogP contribution in [0.5, 0.6) is 0 Å². The molecule has 1 aromatic carbocycles. The SMILES string of the molecule is CCCNC(=O)N1CCCC2(CCC(=O)N(CCc3ccccc3)C2)C1. The summed E-state index contributed by atoms with van der Waals surface area (Å²) in [6.07, 6.45) is 5.50. The molecule has 0 aliphatic carbocycles. The molecule has 3 rings (SSSR count). The van der Waals surface area contributed by atoms with Gasteiger partial charge < -0.3 is 15.1 Å². The number of nitrogens with zero attached hydrogens (tertiary/aromatic N) is 2. The van der Waals surface area contributed by atoms with Crippen molar-refractivity contribution in [2.45, 2.75) is 45.4 Å². The Labute approximate surface area is 156 Å². The molecule has 2 saturated heterocycles. The van der Waals surface area contributed by atoms with E-state index in [1.165, 1.54) is 5.56 Å². The highest BCUT2D eigenvalue weighted by Gasteiger charge is 2.42. The Bertz CT molecular complexity index is 619. The lowest BCUT2D eigenvalue weighted by molar-refractivity contribution is -0.138. The minimum absolute atomic E-state index is 0.0543. The van der Waals surface area contributed by atoms with Gasteiger partial charge in [-0.15, -0.1) is 0 Å². The summed E-state index contributed by atoms with van der Waals surface area (Å²) in [7, 11) is 0. The van der Waals surface area contributed by atoms with Crippen LogP contribution in [0.2, 0.25) is 0 Å². The zero-order valence-electron chi connectivity index (χ0n) is 15.9. The van der Waals surface area contributed by atoms with Gasteiger partial charge in [0.25, 0.3) is 0 Å². The summed E-state index contributed by atoms with van der Waals surface area (Å²) < 4.78 is 0. The van der Waals surface area contributed by atoms with E-state index in [-0.39, 0.29) is 17.4 Å². The molecule has 1 spiro atoms. The lowest BCUT2D eigenvalue weighted by Gasteiger charge is -2.48. The van der Waals surface area contributed by atoms with Crippen LogP contribution in [0.3, 0.4) is 0 Å². The Morgan fingerprint density at radius 3 is 2.77 bits per heavy atom. The highest BCUT2D eigenvalue weighted by atomic mass is 16.2.